The Hall–Kier alpha value is -2.59. The number of carbonyl (C=O) groups excluding carboxylic acids is 1. The van der Waals surface area contributed by atoms with Crippen molar-refractivity contribution in [2.24, 2.45) is 11.7 Å². The van der Waals surface area contributed by atoms with Gasteiger partial charge in [0.1, 0.15) is 5.56 Å². The van der Waals surface area contributed by atoms with Crippen molar-refractivity contribution >= 4 is 17.4 Å². The lowest BCUT2D eigenvalue weighted by Crippen LogP contribution is -2.48. The number of halogens is 3. The highest BCUT2D eigenvalue weighted by Crippen LogP contribution is 2.40. The Labute approximate surface area is 190 Å². The van der Waals surface area contributed by atoms with Gasteiger partial charge in [0.15, 0.2) is 11.4 Å². The van der Waals surface area contributed by atoms with Crippen LogP contribution in [0.5, 0.6) is 0 Å². The van der Waals surface area contributed by atoms with Crippen LogP contribution < -0.4 is 11.1 Å². The van der Waals surface area contributed by atoms with Gasteiger partial charge >= 0.3 is 6.18 Å². The van der Waals surface area contributed by atoms with E-state index < -0.39 is 17.7 Å². The van der Waals surface area contributed by atoms with Crippen molar-refractivity contribution in [2.45, 2.75) is 63.4 Å². The molecule has 4 unspecified atom stereocenters. The lowest BCUT2D eigenvalue weighted by atomic mass is 9.81. The summed E-state index contributed by atoms with van der Waals surface area (Å²) in [4.78, 5) is 14.6. The first-order chi connectivity index (χ1) is 15.5. The third-order valence-corrected chi connectivity index (χ3v) is 7.10. The lowest BCUT2D eigenvalue weighted by Gasteiger charge is -2.44. The number of aromatic nitrogens is 2. The molecule has 180 valence electrons. The highest BCUT2D eigenvalue weighted by Gasteiger charge is 2.51. The molecule has 2 aromatic rings. The molecule has 4 atom stereocenters. The molecule has 1 saturated carbocycles. The van der Waals surface area contributed by atoms with Crippen LogP contribution in [0.1, 0.15) is 61.5 Å². The highest BCUT2D eigenvalue weighted by atomic mass is 19.4. The van der Waals surface area contributed by atoms with Gasteiger partial charge in [-0.2, -0.15) is 18.3 Å². The van der Waals surface area contributed by atoms with E-state index in [0.717, 1.165) is 19.3 Å². The number of rotatable bonds is 6. The summed E-state index contributed by atoms with van der Waals surface area (Å²) >= 11 is 0. The first-order valence-corrected chi connectivity index (χ1v) is 11.3. The van der Waals surface area contributed by atoms with Crippen LogP contribution >= 0.6 is 0 Å². The number of nitrogens with two attached hydrogens (primary N) is 1. The fourth-order valence-electron chi connectivity index (χ4n) is 4.79. The number of nitrogens with zero attached hydrogens (tertiary/aromatic N) is 3. The van der Waals surface area contributed by atoms with Crippen molar-refractivity contribution in [1.82, 2.24) is 14.7 Å². The van der Waals surface area contributed by atoms with Crippen molar-refractivity contribution in [3.63, 3.8) is 0 Å². The molecule has 7 nitrogen and oxygen atoms in total. The van der Waals surface area contributed by atoms with E-state index in [1.807, 2.05) is 0 Å². The smallest absolute Gasteiger partial charge is 0.376 e. The van der Waals surface area contributed by atoms with E-state index >= 15 is 0 Å². The maximum Gasteiger partial charge on any atom is 0.421 e. The zero-order valence-corrected chi connectivity index (χ0v) is 18.8. The number of likely N-dealkylation sites (tertiary alicyclic amines) is 1. The third-order valence-electron chi connectivity index (χ3n) is 7.10. The summed E-state index contributed by atoms with van der Waals surface area (Å²) < 4.78 is 41.0. The van der Waals surface area contributed by atoms with Crippen molar-refractivity contribution in [3.8, 4) is 0 Å². The molecule has 2 aliphatic rings. The fourth-order valence-corrected chi connectivity index (χ4v) is 4.79. The number of alkyl halides is 3. The molecule has 0 spiro atoms. The van der Waals surface area contributed by atoms with Crippen molar-refractivity contribution in [2.75, 3.05) is 18.4 Å². The van der Waals surface area contributed by atoms with Crippen LogP contribution in [0.4, 0.5) is 24.7 Å². The SMILES string of the molecule is CC1CC(N2CCC2)CCC1n1cc(C(N)=O)c(Nc2ccc(C(C)(O)C(F)(F)F)cc2)n1. The molecule has 2 heterocycles. The monoisotopic (exact) mass is 465 g/mol. The van der Waals surface area contributed by atoms with Crippen LogP contribution in [0.3, 0.4) is 0 Å². The maximum absolute atomic E-state index is 13.1. The molecule has 0 radical (unpaired) electrons. The molecule has 1 aromatic carbocycles. The number of benzene rings is 1. The second kappa shape index (κ2) is 8.64. The van der Waals surface area contributed by atoms with E-state index in [4.69, 9.17) is 5.73 Å². The Balaban J connectivity index is 1.51. The molecule has 1 aliphatic heterocycles. The third kappa shape index (κ3) is 4.59. The lowest BCUT2D eigenvalue weighted by molar-refractivity contribution is -0.258. The predicted molar refractivity (Wildman–Crippen MR) is 118 cm³/mol. The minimum Gasteiger partial charge on any atom is -0.376 e. The van der Waals surface area contributed by atoms with E-state index in [9.17, 15) is 23.1 Å². The molecule has 1 saturated heterocycles. The summed E-state index contributed by atoms with van der Waals surface area (Å²) in [6.45, 7) is 5.24. The molecule has 33 heavy (non-hydrogen) atoms. The van der Waals surface area contributed by atoms with E-state index in [1.54, 1.807) is 10.9 Å². The molecule has 10 heteroatoms. The number of amides is 1. The topological polar surface area (TPSA) is 96.4 Å². The summed E-state index contributed by atoms with van der Waals surface area (Å²) in [5, 5.41) is 17.4. The van der Waals surface area contributed by atoms with Gasteiger partial charge in [-0.3, -0.25) is 9.48 Å². The van der Waals surface area contributed by atoms with Gasteiger partial charge in [0.25, 0.3) is 5.91 Å². The van der Waals surface area contributed by atoms with Gasteiger partial charge in [0, 0.05) is 17.9 Å². The molecular formula is C23H30F3N5O2. The number of nitrogens with one attached hydrogen (secondary N) is 1. The quantitative estimate of drug-likeness (QED) is 0.601. The number of primary amides is 1. The molecule has 1 amide bonds. The summed E-state index contributed by atoms with van der Waals surface area (Å²) in [6, 6.07) is 5.92. The Morgan fingerprint density at radius 1 is 1.21 bits per heavy atom. The second-order valence-electron chi connectivity index (χ2n) is 9.41. The molecule has 1 aliphatic carbocycles. The summed E-state index contributed by atoms with van der Waals surface area (Å²) in [6.07, 6.45) is 1.20. The fraction of sp³-hybridized carbons (Fsp3) is 0.565. The molecule has 4 rings (SSSR count). The average Bonchev–Trinajstić information content (AvgIpc) is 3.10. The van der Waals surface area contributed by atoms with Crippen LogP contribution in [0, 0.1) is 5.92 Å². The van der Waals surface area contributed by atoms with Gasteiger partial charge in [0.05, 0.1) is 6.04 Å². The number of anilines is 2. The van der Waals surface area contributed by atoms with Crippen molar-refractivity contribution in [1.29, 1.82) is 0 Å². The van der Waals surface area contributed by atoms with Gasteiger partial charge in [-0.25, -0.2) is 0 Å². The minimum absolute atomic E-state index is 0.139. The molecular weight excluding hydrogens is 435 g/mol. The molecule has 1 aromatic heterocycles. The van der Waals surface area contributed by atoms with Crippen LogP contribution in [0.15, 0.2) is 30.5 Å². The van der Waals surface area contributed by atoms with Gasteiger partial charge in [0.2, 0.25) is 0 Å². The zero-order valence-electron chi connectivity index (χ0n) is 18.8. The number of hydrogen-bond donors (Lipinski definition) is 3. The largest absolute Gasteiger partial charge is 0.421 e. The highest BCUT2D eigenvalue weighted by molar-refractivity contribution is 5.98. The molecule has 4 N–H and O–H groups in total. The predicted octanol–water partition coefficient (Wildman–Crippen LogP) is 3.93. The molecule has 0 bridgehead atoms. The average molecular weight is 466 g/mol. The van der Waals surface area contributed by atoms with E-state index in [-0.39, 0.29) is 23.0 Å². The summed E-state index contributed by atoms with van der Waals surface area (Å²) in [7, 11) is 0. The Morgan fingerprint density at radius 3 is 2.39 bits per heavy atom. The normalized spacial score (nSPS) is 25.8. The minimum atomic E-state index is -4.80. The van der Waals surface area contributed by atoms with Gasteiger partial charge in [-0.1, -0.05) is 19.1 Å². The number of carbonyl (C=O) groups is 1. The number of aliphatic hydroxyl groups is 1. The van der Waals surface area contributed by atoms with Crippen LogP contribution in [-0.4, -0.2) is 51.0 Å². The Kier molecular flexibility index (Phi) is 6.17. The van der Waals surface area contributed by atoms with E-state index in [1.165, 1.54) is 43.8 Å². The van der Waals surface area contributed by atoms with Crippen LogP contribution in [0.25, 0.3) is 0 Å². The van der Waals surface area contributed by atoms with Crippen LogP contribution in [-0.2, 0) is 5.60 Å². The van der Waals surface area contributed by atoms with Gasteiger partial charge < -0.3 is 21.1 Å². The van der Waals surface area contributed by atoms with Crippen molar-refractivity contribution < 1.29 is 23.1 Å². The zero-order chi connectivity index (χ0) is 24.0. The number of hydrogen-bond acceptors (Lipinski definition) is 5. The van der Waals surface area contributed by atoms with Gasteiger partial charge in [-0.05, 0) is 69.3 Å². The molecule has 2 fully saturated rings. The summed E-state index contributed by atoms with van der Waals surface area (Å²) in [5.74, 6) is -0.00102. The van der Waals surface area contributed by atoms with E-state index in [0.29, 0.717) is 24.6 Å². The first-order valence-electron chi connectivity index (χ1n) is 11.3. The maximum atomic E-state index is 13.1. The van der Waals surface area contributed by atoms with E-state index in [2.05, 4.69) is 22.2 Å². The van der Waals surface area contributed by atoms with Gasteiger partial charge in [-0.15, -0.1) is 0 Å². The first kappa shape index (κ1) is 23.6. The van der Waals surface area contributed by atoms with Crippen molar-refractivity contribution in [3.05, 3.63) is 41.6 Å². The summed E-state index contributed by atoms with van der Waals surface area (Å²) in [5.41, 5.74) is 2.97. The Bertz CT molecular complexity index is 999. The van der Waals surface area contributed by atoms with Crippen LogP contribution in [0.2, 0.25) is 0 Å². The Morgan fingerprint density at radius 2 is 1.88 bits per heavy atom. The standard InChI is InChI=1S/C23H30F3N5O2/c1-14-12-17(30-10-3-11-30)8-9-19(14)31-13-18(20(27)32)21(29-31)28-16-6-4-15(5-7-16)22(2,33)23(24,25)26/h4-7,13-14,17,19,33H,3,8-12H2,1-2H3,(H2,27,32)(H,28,29). The second-order valence-corrected chi connectivity index (χ2v) is 9.41.